The van der Waals surface area contributed by atoms with Crippen LogP contribution in [-0.4, -0.2) is 75.8 Å². The van der Waals surface area contributed by atoms with E-state index in [1.54, 1.807) is 17.3 Å². The minimum Gasteiger partial charge on any atom is -0.387 e. The second kappa shape index (κ2) is 8.62. The molecule has 0 bridgehead atoms. The van der Waals surface area contributed by atoms with Crippen LogP contribution in [0.5, 0.6) is 0 Å². The molecular weight excluding hydrogens is 515 g/mol. The van der Waals surface area contributed by atoms with Crippen LogP contribution >= 0.6 is 23.5 Å². The Morgan fingerprint density at radius 2 is 1.85 bits per heavy atom. The number of aliphatic hydroxyl groups excluding tert-OH is 2. The number of hydrogen-bond donors (Lipinski definition) is 7. The van der Waals surface area contributed by atoms with E-state index in [4.69, 9.17) is 19.4 Å². The van der Waals surface area contributed by atoms with Crippen molar-refractivity contribution in [3.63, 3.8) is 0 Å². The smallest absolute Gasteiger partial charge is 0.387 e. The molecule has 7 N–H and O–H groups in total. The summed E-state index contributed by atoms with van der Waals surface area (Å²) in [6.45, 7) is -0.679. The first kappa shape index (κ1) is 24.6. The summed E-state index contributed by atoms with van der Waals surface area (Å²) >= 11 is 0. The molecule has 0 aliphatic carbocycles. The number of hydrogen-bond acceptors (Lipinski definition) is 13. The van der Waals surface area contributed by atoms with E-state index >= 15 is 0 Å². The van der Waals surface area contributed by atoms with Crippen LogP contribution in [0.4, 0.5) is 0 Å². The fourth-order valence-corrected chi connectivity index (χ4v) is 6.29. The molecule has 0 amide bonds. The largest absolute Gasteiger partial charge is 0.490 e. The van der Waals surface area contributed by atoms with Crippen molar-refractivity contribution in [2.24, 2.45) is 4.99 Å². The zero-order chi connectivity index (χ0) is 24.2. The third-order valence-electron chi connectivity index (χ3n) is 4.56. The number of nitrogens with one attached hydrogen (secondary N) is 1. The summed E-state index contributed by atoms with van der Waals surface area (Å²) < 4.78 is 52.4. The molecule has 18 nitrogen and oxygen atoms in total. The van der Waals surface area contributed by atoms with E-state index in [9.17, 15) is 28.8 Å². The summed E-state index contributed by atoms with van der Waals surface area (Å²) in [4.78, 5) is 46.1. The fraction of sp³-hybridized carbons (Fsp3) is 0.500. The van der Waals surface area contributed by atoms with Crippen LogP contribution in [0.2, 0.25) is 0 Å². The first-order valence-corrected chi connectivity index (χ1v) is 13.4. The first-order chi connectivity index (χ1) is 15.3. The summed E-state index contributed by atoms with van der Waals surface area (Å²) in [7, 11) is -16.7. The standard InChI is InChI=1S/C12H18N5O13P3/c18-8-6(3-27-32(23,24)30-33(25,26)29-31(20,21)22)28-12(9(8)19)17-5-14-7-10-13-1-2-16(10)4-15-11(7)17/h1-2,5-6,8-9,12-13,18-19H,3-4H2,(H,23,24)(H,25,26)(H2,20,21,22)/t6-,8-,9-,12-/m1/s1. The lowest BCUT2D eigenvalue weighted by atomic mass is 10.1. The molecule has 4 rings (SSSR count). The van der Waals surface area contributed by atoms with Gasteiger partial charge in [0.05, 0.1) is 12.9 Å². The number of phosphoric ester groups is 1. The molecule has 33 heavy (non-hydrogen) atoms. The maximum absolute atomic E-state index is 11.9. The van der Waals surface area contributed by atoms with E-state index in [1.807, 2.05) is 0 Å². The van der Waals surface area contributed by atoms with Gasteiger partial charge in [0.15, 0.2) is 11.7 Å². The maximum atomic E-state index is 11.9. The number of phosphoric acid groups is 3. The predicted octanol–water partition coefficient (Wildman–Crippen LogP) is -3.12. The van der Waals surface area contributed by atoms with Crippen molar-refractivity contribution in [1.29, 1.82) is 0 Å². The van der Waals surface area contributed by atoms with Gasteiger partial charge in [-0.25, -0.2) is 23.7 Å². The van der Waals surface area contributed by atoms with Crippen molar-refractivity contribution in [3.05, 3.63) is 29.6 Å². The van der Waals surface area contributed by atoms with Crippen LogP contribution in [0.15, 0.2) is 23.7 Å². The number of ether oxygens (including phenoxy) is 1. The molecule has 1 fully saturated rings. The third-order valence-corrected chi connectivity index (χ3v) is 8.36. The van der Waals surface area contributed by atoms with Crippen molar-refractivity contribution in [3.8, 4) is 0 Å². The minimum absolute atomic E-state index is 0.248. The average Bonchev–Trinajstić information content (AvgIpc) is 3.35. The molecule has 3 aliphatic rings. The third kappa shape index (κ3) is 5.28. The molecule has 0 spiro atoms. The quantitative estimate of drug-likeness (QED) is 0.163. The SMILES string of the molecule is O=P(O)(O)OP(=O)(O)OP(=O)(O)OC[C@H]1O[C@@H](n2cnc3c2=NCN2C=CNC=32)[C@H](O)[C@@H]1O. The second-order valence-corrected chi connectivity index (χ2v) is 11.3. The van der Waals surface area contributed by atoms with Crippen molar-refractivity contribution < 1.29 is 61.4 Å². The molecule has 1 aromatic heterocycles. The second-order valence-electron chi connectivity index (χ2n) is 6.84. The molecule has 1 saturated heterocycles. The first-order valence-electron chi connectivity index (χ1n) is 8.88. The molecule has 3 aliphatic heterocycles. The average molecular weight is 533 g/mol. The lowest BCUT2D eigenvalue weighted by molar-refractivity contribution is -0.0538. The van der Waals surface area contributed by atoms with Gasteiger partial charge < -0.3 is 44.7 Å². The summed E-state index contributed by atoms with van der Waals surface area (Å²) in [6.07, 6.45) is -1.09. The minimum atomic E-state index is -5.69. The highest BCUT2D eigenvalue weighted by molar-refractivity contribution is 7.66. The Balaban J connectivity index is 1.45. The molecule has 21 heteroatoms. The van der Waals surface area contributed by atoms with Crippen LogP contribution < -0.4 is 16.2 Å². The lowest BCUT2D eigenvalue weighted by Gasteiger charge is -2.20. The lowest BCUT2D eigenvalue weighted by Crippen LogP contribution is -2.44. The van der Waals surface area contributed by atoms with E-state index in [-0.39, 0.29) is 6.67 Å². The van der Waals surface area contributed by atoms with Crippen molar-refractivity contribution in [2.45, 2.75) is 24.5 Å². The van der Waals surface area contributed by atoms with E-state index < -0.39 is 54.6 Å². The van der Waals surface area contributed by atoms with Gasteiger partial charge in [0, 0.05) is 12.4 Å². The molecule has 0 aromatic carbocycles. The van der Waals surface area contributed by atoms with Gasteiger partial charge >= 0.3 is 23.5 Å². The highest BCUT2D eigenvalue weighted by Gasteiger charge is 2.47. The number of aromatic nitrogens is 2. The summed E-state index contributed by atoms with van der Waals surface area (Å²) in [6, 6.07) is 0. The molecular formula is C12H18N5O13P3. The normalized spacial score (nSPS) is 30.2. The summed E-state index contributed by atoms with van der Waals surface area (Å²) in [5.41, 5.74) is 0.335. The maximum Gasteiger partial charge on any atom is 0.490 e. The highest BCUT2D eigenvalue weighted by atomic mass is 31.3. The van der Waals surface area contributed by atoms with Crippen LogP contribution in [-0.2, 0) is 31.6 Å². The molecule has 1 aromatic rings. The van der Waals surface area contributed by atoms with Gasteiger partial charge in [-0.3, -0.25) is 9.09 Å². The van der Waals surface area contributed by atoms with Crippen LogP contribution in [0.3, 0.4) is 0 Å². The molecule has 6 atom stereocenters. The fourth-order valence-electron chi connectivity index (χ4n) is 3.26. The molecule has 184 valence electrons. The Morgan fingerprint density at radius 1 is 1.12 bits per heavy atom. The predicted molar refractivity (Wildman–Crippen MR) is 101 cm³/mol. The van der Waals surface area contributed by atoms with Crippen molar-refractivity contribution in [1.82, 2.24) is 19.8 Å². The topological polar surface area (TPSA) is 255 Å². The van der Waals surface area contributed by atoms with Gasteiger partial charge in [-0.15, -0.1) is 0 Å². The molecule has 4 heterocycles. The number of imidazole rings is 1. The van der Waals surface area contributed by atoms with E-state index in [0.717, 1.165) is 0 Å². The Kier molecular flexibility index (Phi) is 6.44. The summed E-state index contributed by atoms with van der Waals surface area (Å²) in [5, 5.41) is 24.1. The van der Waals surface area contributed by atoms with Crippen LogP contribution in [0.25, 0.3) is 5.82 Å². The zero-order valence-corrected chi connectivity index (χ0v) is 18.8. The molecule has 0 radical (unpaired) electrons. The Morgan fingerprint density at radius 3 is 2.55 bits per heavy atom. The summed E-state index contributed by atoms with van der Waals surface area (Å²) in [5.74, 6) is 0.649. The number of aliphatic hydroxyl groups is 2. The highest BCUT2D eigenvalue weighted by Crippen LogP contribution is 2.66. The van der Waals surface area contributed by atoms with Gasteiger partial charge in [-0.2, -0.15) is 8.62 Å². The van der Waals surface area contributed by atoms with Crippen LogP contribution in [0, 0.1) is 0 Å². The van der Waals surface area contributed by atoms with E-state index in [2.05, 4.69) is 28.4 Å². The molecule has 0 saturated carbocycles. The van der Waals surface area contributed by atoms with Crippen molar-refractivity contribution in [2.75, 3.05) is 13.3 Å². The molecule has 2 unspecified atom stereocenters. The van der Waals surface area contributed by atoms with E-state index in [1.165, 1.54) is 10.9 Å². The Hall–Kier alpha value is -1.49. The number of fused-ring (bicyclic) bond motifs is 2. The van der Waals surface area contributed by atoms with Gasteiger partial charge in [-0.05, 0) is 0 Å². The van der Waals surface area contributed by atoms with Crippen molar-refractivity contribution >= 4 is 29.3 Å². The van der Waals surface area contributed by atoms with Gasteiger partial charge in [0.1, 0.15) is 36.2 Å². The number of rotatable bonds is 8. The monoisotopic (exact) mass is 533 g/mol. The number of nitrogens with zero attached hydrogens (tertiary/aromatic N) is 4. The van der Waals surface area contributed by atoms with Gasteiger partial charge in [-0.1, -0.05) is 0 Å². The Labute approximate surface area is 183 Å². The Bertz CT molecular complexity index is 1230. The van der Waals surface area contributed by atoms with Crippen LogP contribution in [0.1, 0.15) is 6.23 Å². The van der Waals surface area contributed by atoms with Gasteiger partial charge in [0.2, 0.25) is 0 Å². The van der Waals surface area contributed by atoms with Gasteiger partial charge in [0.25, 0.3) is 0 Å². The zero-order valence-electron chi connectivity index (χ0n) is 16.1. The van der Waals surface area contributed by atoms with E-state index in [0.29, 0.717) is 16.7 Å².